The Balaban J connectivity index is 0.000000271. The molecule has 1 saturated carbocycles. The Hall–Kier alpha value is -2.64. The first-order valence-electron chi connectivity index (χ1n) is 11.0. The maximum Gasteiger partial charge on any atom is 0.490 e. The molecule has 1 aromatic rings. The fourth-order valence-corrected chi connectivity index (χ4v) is 4.17. The summed E-state index contributed by atoms with van der Waals surface area (Å²) >= 11 is 0. The summed E-state index contributed by atoms with van der Waals surface area (Å²) in [6.07, 6.45) is -6.95. The van der Waals surface area contributed by atoms with E-state index in [0.717, 1.165) is 24.7 Å². The third-order valence-electron chi connectivity index (χ3n) is 6.22. The van der Waals surface area contributed by atoms with Crippen LogP contribution in [0.1, 0.15) is 25.7 Å². The summed E-state index contributed by atoms with van der Waals surface area (Å²) < 4.78 is 92.9. The molecule has 1 aliphatic carbocycles. The molecule has 3 fully saturated rings. The van der Waals surface area contributed by atoms with Gasteiger partial charge < -0.3 is 20.0 Å². The molecule has 1 atom stereocenters. The molecule has 6 nitrogen and oxygen atoms in total. The lowest BCUT2D eigenvalue weighted by Crippen LogP contribution is -2.57. The van der Waals surface area contributed by atoms with E-state index in [1.165, 1.54) is 12.8 Å². The number of piperidine rings is 1. The minimum absolute atomic E-state index is 0.0301. The minimum atomic E-state index is -5.08. The number of nitrogens with zero attached hydrogens (tertiary/aromatic N) is 2. The van der Waals surface area contributed by atoms with Crippen LogP contribution in [0.3, 0.4) is 0 Å². The summed E-state index contributed by atoms with van der Waals surface area (Å²) in [4.78, 5) is 22.2. The van der Waals surface area contributed by atoms with Gasteiger partial charge in [0.25, 0.3) is 5.92 Å². The summed E-state index contributed by atoms with van der Waals surface area (Å²) in [5.74, 6) is -7.27. The monoisotopic (exact) mass is 534 g/mol. The number of hydrogen-bond donors (Lipinski definition) is 2. The summed E-state index contributed by atoms with van der Waals surface area (Å²) in [5.41, 5.74) is 0.227. The molecule has 4 rings (SSSR count). The second-order valence-corrected chi connectivity index (χ2v) is 9.03. The molecular weight excluding hydrogens is 508 g/mol. The Bertz CT molecular complexity index is 866. The molecule has 1 aromatic carbocycles. The van der Waals surface area contributed by atoms with Gasteiger partial charge in [0, 0.05) is 44.8 Å². The fourth-order valence-electron chi connectivity index (χ4n) is 4.17. The lowest BCUT2D eigenvalue weighted by Gasteiger charge is -2.46. The first-order chi connectivity index (χ1) is 16.5. The number of rotatable bonds is 3. The zero-order valence-electron chi connectivity index (χ0n) is 19.0. The van der Waals surface area contributed by atoms with Gasteiger partial charge in [0.15, 0.2) is 0 Å². The van der Waals surface area contributed by atoms with Gasteiger partial charge in [-0.1, -0.05) is 18.2 Å². The van der Waals surface area contributed by atoms with Crippen LogP contribution in [0.25, 0.3) is 0 Å². The van der Waals surface area contributed by atoms with Gasteiger partial charge in [0.1, 0.15) is 0 Å². The Morgan fingerprint density at radius 1 is 0.861 bits per heavy atom. The zero-order chi connectivity index (χ0) is 27.4. The van der Waals surface area contributed by atoms with Crippen molar-refractivity contribution in [1.29, 1.82) is 0 Å². The normalized spacial score (nSPS) is 23.8. The van der Waals surface area contributed by atoms with Crippen LogP contribution in [-0.2, 0) is 9.59 Å². The number of hydrogen-bond acceptors (Lipinski definition) is 4. The van der Waals surface area contributed by atoms with Gasteiger partial charge in [-0.3, -0.25) is 0 Å². The van der Waals surface area contributed by atoms with Crippen molar-refractivity contribution >= 4 is 17.6 Å². The standard InChI is InChI=1S/C18H24F2N2.2C2HF3O2/c19-18(20)9-10-21(12-15-6-7-15)13-17(18)8-11-22(14-17)16-4-2-1-3-5-16;2*3-2(4,5)1(6)7/h1-5,15H,6-14H2;2*(H,6,7). The Morgan fingerprint density at radius 2 is 1.36 bits per heavy atom. The summed E-state index contributed by atoms with van der Waals surface area (Å²) in [6, 6.07) is 10.0. The molecule has 1 unspecified atom stereocenters. The molecule has 3 aliphatic rings. The first-order valence-corrected chi connectivity index (χ1v) is 11.0. The van der Waals surface area contributed by atoms with E-state index in [0.29, 0.717) is 26.1 Å². The summed E-state index contributed by atoms with van der Waals surface area (Å²) in [5, 5.41) is 14.2. The second-order valence-electron chi connectivity index (χ2n) is 9.03. The Morgan fingerprint density at radius 3 is 1.81 bits per heavy atom. The van der Waals surface area contributed by atoms with Crippen LogP contribution < -0.4 is 4.90 Å². The molecule has 2 aliphatic heterocycles. The lowest BCUT2D eigenvalue weighted by molar-refractivity contribution is -0.193. The molecule has 0 radical (unpaired) electrons. The molecule has 0 aromatic heterocycles. The molecule has 2 heterocycles. The van der Waals surface area contributed by atoms with E-state index in [2.05, 4.69) is 9.80 Å². The number of carbonyl (C=O) groups is 2. The molecule has 0 amide bonds. The molecule has 2 N–H and O–H groups in total. The highest BCUT2D eigenvalue weighted by Gasteiger charge is 2.59. The van der Waals surface area contributed by atoms with E-state index in [1.54, 1.807) is 0 Å². The largest absolute Gasteiger partial charge is 0.490 e. The first kappa shape index (κ1) is 29.6. The Kier molecular flexibility index (Phi) is 9.19. The highest BCUT2D eigenvalue weighted by Crippen LogP contribution is 2.50. The van der Waals surface area contributed by atoms with Gasteiger partial charge in [0.2, 0.25) is 0 Å². The highest BCUT2D eigenvalue weighted by molar-refractivity contribution is 5.73. The van der Waals surface area contributed by atoms with Crippen molar-refractivity contribution < 1.29 is 54.9 Å². The van der Waals surface area contributed by atoms with E-state index in [-0.39, 0.29) is 6.42 Å². The quantitative estimate of drug-likeness (QED) is 0.537. The van der Waals surface area contributed by atoms with Crippen molar-refractivity contribution in [2.75, 3.05) is 37.6 Å². The predicted molar refractivity (Wildman–Crippen MR) is 112 cm³/mol. The predicted octanol–water partition coefficient (Wildman–Crippen LogP) is 4.90. The van der Waals surface area contributed by atoms with Crippen molar-refractivity contribution in [2.45, 2.75) is 44.0 Å². The third kappa shape index (κ3) is 8.20. The molecule has 0 bridgehead atoms. The van der Waals surface area contributed by atoms with Crippen LogP contribution in [0.2, 0.25) is 0 Å². The number of benzene rings is 1. The van der Waals surface area contributed by atoms with Gasteiger partial charge >= 0.3 is 24.3 Å². The SMILES string of the molecule is FC1(F)CCN(CC2CC2)CC12CCN(c1ccccc1)C2.O=C(O)C(F)(F)F.O=C(O)C(F)(F)F. The van der Waals surface area contributed by atoms with E-state index in [1.807, 2.05) is 30.3 Å². The number of carboxylic acids is 2. The number of halogens is 8. The van der Waals surface area contributed by atoms with Crippen LogP contribution in [0.15, 0.2) is 30.3 Å². The zero-order valence-corrected chi connectivity index (χ0v) is 19.0. The number of carboxylic acid groups (broad SMARTS) is 2. The van der Waals surface area contributed by atoms with Crippen LogP contribution in [-0.4, -0.2) is 78.1 Å². The van der Waals surface area contributed by atoms with Gasteiger partial charge in [0.05, 0.1) is 5.41 Å². The topological polar surface area (TPSA) is 81.1 Å². The fraction of sp³-hybridized carbons (Fsp3) is 0.636. The van der Waals surface area contributed by atoms with Crippen LogP contribution in [0.5, 0.6) is 0 Å². The minimum Gasteiger partial charge on any atom is -0.475 e. The van der Waals surface area contributed by atoms with Gasteiger partial charge in [-0.25, -0.2) is 18.4 Å². The molecule has 14 heteroatoms. The number of aliphatic carboxylic acids is 2. The highest BCUT2D eigenvalue weighted by atomic mass is 19.4. The van der Waals surface area contributed by atoms with Crippen molar-refractivity contribution in [1.82, 2.24) is 4.90 Å². The summed E-state index contributed by atoms with van der Waals surface area (Å²) in [6.45, 7) is 3.40. The number of likely N-dealkylation sites (tertiary alicyclic amines) is 1. The molecule has 204 valence electrons. The van der Waals surface area contributed by atoms with Crippen molar-refractivity contribution in [2.24, 2.45) is 11.3 Å². The number of para-hydroxylation sites is 1. The average molecular weight is 534 g/mol. The molecule has 36 heavy (non-hydrogen) atoms. The van der Waals surface area contributed by atoms with Crippen molar-refractivity contribution in [3.63, 3.8) is 0 Å². The lowest BCUT2D eigenvalue weighted by atomic mass is 9.75. The maximum atomic E-state index is 14.7. The van der Waals surface area contributed by atoms with E-state index < -0.39 is 35.6 Å². The van der Waals surface area contributed by atoms with Gasteiger partial charge in [-0.2, -0.15) is 26.3 Å². The van der Waals surface area contributed by atoms with E-state index in [4.69, 9.17) is 19.8 Å². The average Bonchev–Trinajstić information content (AvgIpc) is 3.47. The van der Waals surface area contributed by atoms with Crippen LogP contribution in [0, 0.1) is 11.3 Å². The molecule has 2 saturated heterocycles. The third-order valence-corrected chi connectivity index (χ3v) is 6.22. The van der Waals surface area contributed by atoms with Crippen molar-refractivity contribution in [3.8, 4) is 0 Å². The van der Waals surface area contributed by atoms with Crippen LogP contribution >= 0.6 is 0 Å². The smallest absolute Gasteiger partial charge is 0.475 e. The van der Waals surface area contributed by atoms with E-state index >= 15 is 0 Å². The van der Waals surface area contributed by atoms with Crippen LogP contribution in [0.4, 0.5) is 40.8 Å². The molecular formula is C22H26F8N2O4. The van der Waals surface area contributed by atoms with Gasteiger partial charge in [-0.05, 0) is 37.3 Å². The summed E-state index contributed by atoms with van der Waals surface area (Å²) in [7, 11) is 0. The number of anilines is 1. The van der Waals surface area contributed by atoms with Crippen molar-refractivity contribution in [3.05, 3.63) is 30.3 Å². The van der Waals surface area contributed by atoms with E-state index in [9.17, 15) is 35.1 Å². The maximum absolute atomic E-state index is 14.7. The number of alkyl halides is 8. The van der Waals surface area contributed by atoms with Gasteiger partial charge in [-0.15, -0.1) is 0 Å². The Labute approximate surface area is 201 Å². The molecule has 1 spiro atoms. The second kappa shape index (κ2) is 11.2.